The highest BCUT2D eigenvalue weighted by atomic mass is 16.5. The van der Waals surface area contributed by atoms with E-state index in [0.717, 1.165) is 11.1 Å². The third kappa shape index (κ3) is 3.36. The van der Waals surface area contributed by atoms with Crippen LogP contribution in [0.5, 0.6) is 5.75 Å². The zero-order chi connectivity index (χ0) is 19.7. The zero-order valence-corrected chi connectivity index (χ0v) is 15.7. The molecule has 1 aliphatic rings. The zero-order valence-electron chi connectivity index (χ0n) is 15.7. The number of hydrogen-bond donors (Lipinski definition) is 1. The van der Waals surface area contributed by atoms with Gasteiger partial charge in [0.2, 0.25) is 0 Å². The van der Waals surface area contributed by atoms with Crippen molar-refractivity contribution in [3.05, 3.63) is 76.0 Å². The van der Waals surface area contributed by atoms with Crippen molar-refractivity contribution in [2.75, 3.05) is 12.0 Å². The van der Waals surface area contributed by atoms with Crippen LogP contribution >= 0.6 is 0 Å². The molecule has 5 heteroatoms. The lowest BCUT2D eigenvalue weighted by Crippen LogP contribution is -2.24. The molecule has 5 nitrogen and oxygen atoms in total. The number of rotatable bonds is 3. The molecule has 0 aliphatic carbocycles. The van der Waals surface area contributed by atoms with E-state index in [1.54, 1.807) is 31.2 Å². The fraction of sp³-hybridized carbons (Fsp3) is 0.182. The molecule has 0 atom stereocenters. The molecule has 3 rings (SSSR count). The van der Waals surface area contributed by atoms with E-state index in [0.29, 0.717) is 16.9 Å². The lowest BCUT2D eigenvalue weighted by molar-refractivity contribution is -0.136. The van der Waals surface area contributed by atoms with E-state index in [9.17, 15) is 14.7 Å². The molecule has 1 N–H and O–H groups in total. The number of phenols is 1. The smallest absolute Gasteiger partial charge is 0.340 e. The van der Waals surface area contributed by atoms with Gasteiger partial charge in [0.25, 0.3) is 5.91 Å². The number of ether oxygens (including phenoxy) is 1. The first-order valence-electron chi connectivity index (χ1n) is 8.55. The monoisotopic (exact) mass is 363 g/mol. The maximum Gasteiger partial charge on any atom is 0.340 e. The fourth-order valence-electron chi connectivity index (χ4n) is 3.14. The first kappa shape index (κ1) is 18.5. The van der Waals surface area contributed by atoms with Crippen molar-refractivity contribution >= 4 is 23.6 Å². The summed E-state index contributed by atoms with van der Waals surface area (Å²) in [6.07, 6.45) is 1.60. The van der Waals surface area contributed by atoms with Crippen molar-refractivity contribution in [3.8, 4) is 5.75 Å². The molecule has 1 aliphatic heterocycles. The van der Waals surface area contributed by atoms with Gasteiger partial charge in [-0.25, -0.2) is 4.79 Å². The van der Waals surface area contributed by atoms with E-state index in [-0.39, 0.29) is 22.8 Å². The summed E-state index contributed by atoms with van der Waals surface area (Å²) in [5.41, 5.74) is 4.47. The van der Waals surface area contributed by atoms with Crippen LogP contribution in [0.2, 0.25) is 0 Å². The van der Waals surface area contributed by atoms with Crippen LogP contribution in [0.4, 0.5) is 5.69 Å². The van der Waals surface area contributed by atoms with Crippen molar-refractivity contribution in [3.63, 3.8) is 0 Å². The molecule has 0 spiro atoms. The minimum Gasteiger partial charge on any atom is -0.508 e. The Morgan fingerprint density at radius 3 is 2.44 bits per heavy atom. The SMILES string of the molecule is COC(=O)C1=C(C)N(c2ccc(C)c(C)c2)C(=O)/C1=C\c1cccc(O)c1. The van der Waals surface area contributed by atoms with Gasteiger partial charge in [0, 0.05) is 11.4 Å². The van der Waals surface area contributed by atoms with Crippen LogP contribution in [-0.2, 0) is 14.3 Å². The largest absolute Gasteiger partial charge is 0.508 e. The van der Waals surface area contributed by atoms with Crippen molar-refractivity contribution in [2.24, 2.45) is 0 Å². The van der Waals surface area contributed by atoms with Crippen LogP contribution in [0.15, 0.2) is 59.3 Å². The van der Waals surface area contributed by atoms with Crippen LogP contribution in [0.3, 0.4) is 0 Å². The summed E-state index contributed by atoms with van der Waals surface area (Å²) >= 11 is 0. The third-order valence-electron chi connectivity index (χ3n) is 4.72. The summed E-state index contributed by atoms with van der Waals surface area (Å²) in [7, 11) is 1.29. The van der Waals surface area contributed by atoms with Gasteiger partial charge in [-0.15, -0.1) is 0 Å². The summed E-state index contributed by atoms with van der Waals surface area (Å²) in [6, 6.07) is 12.2. The Kier molecular flexibility index (Phi) is 4.86. The third-order valence-corrected chi connectivity index (χ3v) is 4.72. The summed E-state index contributed by atoms with van der Waals surface area (Å²) < 4.78 is 4.91. The first-order valence-corrected chi connectivity index (χ1v) is 8.55. The molecule has 0 fully saturated rings. The van der Waals surface area contributed by atoms with Gasteiger partial charge >= 0.3 is 5.97 Å². The highest BCUT2D eigenvalue weighted by molar-refractivity contribution is 6.23. The summed E-state index contributed by atoms with van der Waals surface area (Å²) in [4.78, 5) is 27.1. The Morgan fingerprint density at radius 2 is 1.81 bits per heavy atom. The Hall–Kier alpha value is -3.34. The number of carbonyl (C=O) groups excluding carboxylic acids is 2. The second-order valence-corrected chi connectivity index (χ2v) is 6.51. The minimum absolute atomic E-state index is 0.0844. The van der Waals surface area contributed by atoms with E-state index >= 15 is 0 Å². The molecule has 0 aromatic heterocycles. The Morgan fingerprint density at radius 1 is 1.07 bits per heavy atom. The predicted molar refractivity (Wildman–Crippen MR) is 104 cm³/mol. The van der Waals surface area contributed by atoms with Crippen molar-refractivity contribution in [1.82, 2.24) is 0 Å². The van der Waals surface area contributed by atoms with Gasteiger partial charge < -0.3 is 9.84 Å². The van der Waals surface area contributed by atoms with E-state index in [4.69, 9.17) is 4.74 Å². The molecule has 27 heavy (non-hydrogen) atoms. The van der Waals surface area contributed by atoms with Crippen molar-refractivity contribution < 1.29 is 19.4 Å². The minimum atomic E-state index is -0.571. The van der Waals surface area contributed by atoms with Crippen LogP contribution in [0, 0.1) is 13.8 Å². The molecule has 2 aromatic carbocycles. The van der Waals surface area contributed by atoms with Gasteiger partial charge in [0.15, 0.2) is 0 Å². The van der Waals surface area contributed by atoms with E-state index < -0.39 is 5.97 Å². The molecule has 0 radical (unpaired) electrons. The number of esters is 1. The van der Waals surface area contributed by atoms with Gasteiger partial charge in [-0.3, -0.25) is 9.69 Å². The lowest BCUT2D eigenvalue weighted by atomic mass is 10.0. The Balaban J connectivity index is 2.15. The Bertz CT molecular complexity index is 1000. The first-order chi connectivity index (χ1) is 12.8. The second kappa shape index (κ2) is 7.11. The molecule has 138 valence electrons. The van der Waals surface area contributed by atoms with E-state index in [2.05, 4.69) is 0 Å². The number of carbonyl (C=O) groups is 2. The summed E-state index contributed by atoms with van der Waals surface area (Å²) in [6.45, 7) is 5.70. The quantitative estimate of drug-likeness (QED) is 0.664. The number of amides is 1. The number of aromatic hydroxyl groups is 1. The van der Waals surface area contributed by atoms with E-state index in [1.807, 2.05) is 32.0 Å². The highest BCUT2D eigenvalue weighted by Crippen LogP contribution is 2.36. The number of benzene rings is 2. The molecule has 1 amide bonds. The van der Waals surface area contributed by atoms with Crippen molar-refractivity contribution in [2.45, 2.75) is 20.8 Å². The van der Waals surface area contributed by atoms with Crippen LogP contribution in [-0.4, -0.2) is 24.1 Å². The molecule has 0 saturated heterocycles. The van der Waals surface area contributed by atoms with Gasteiger partial charge in [-0.1, -0.05) is 18.2 Å². The maximum absolute atomic E-state index is 13.2. The number of anilines is 1. The van der Waals surface area contributed by atoms with Gasteiger partial charge in [-0.2, -0.15) is 0 Å². The normalized spacial score (nSPS) is 15.6. The standard InChI is InChI=1S/C22H21NO4/c1-13-8-9-17(10-14(13)2)23-15(3)20(22(26)27-4)19(21(23)25)12-16-6-5-7-18(24)11-16/h5-12,24H,1-4H3/b19-12-. The fourth-order valence-corrected chi connectivity index (χ4v) is 3.14. The number of aryl methyl sites for hydroxylation is 2. The maximum atomic E-state index is 13.2. The van der Waals surface area contributed by atoms with Crippen LogP contribution < -0.4 is 4.90 Å². The molecule has 0 bridgehead atoms. The molecule has 0 unspecified atom stereocenters. The second-order valence-electron chi connectivity index (χ2n) is 6.51. The molecular formula is C22H21NO4. The highest BCUT2D eigenvalue weighted by Gasteiger charge is 2.37. The van der Waals surface area contributed by atoms with Gasteiger partial charge in [0.1, 0.15) is 5.75 Å². The Labute approximate surface area is 158 Å². The van der Waals surface area contributed by atoms with Crippen molar-refractivity contribution in [1.29, 1.82) is 0 Å². The van der Waals surface area contributed by atoms with Crippen LogP contribution in [0.1, 0.15) is 23.6 Å². The molecule has 0 saturated carbocycles. The molecule has 2 aromatic rings. The van der Waals surface area contributed by atoms with Gasteiger partial charge in [-0.05, 0) is 67.8 Å². The van der Waals surface area contributed by atoms with E-state index in [1.165, 1.54) is 18.1 Å². The number of phenolic OH excluding ortho intramolecular Hbond substituents is 1. The summed E-state index contributed by atoms with van der Waals surface area (Å²) in [5.74, 6) is -0.792. The number of methoxy groups -OCH3 is 1. The number of hydrogen-bond acceptors (Lipinski definition) is 4. The topological polar surface area (TPSA) is 66.8 Å². The summed E-state index contributed by atoms with van der Waals surface area (Å²) in [5, 5.41) is 9.68. The predicted octanol–water partition coefficient (Wildman–Crippen LogP) is 3.89. The average Bonchev–Trinajstić information content (AvgIpc) is 2.87. The van der Waals surface area contributed by atoms with Gasteiger partial charge in [0.05, 0.1) is 18.3 Å². The number of allylic oxidation sites excluding steroid dienone is 1. The average molecular weight is 363 g/mol. The molecular weight excluding hydrogens is 342 g/mol. The molecule has 1 heterocycles. The van der Waals surface area contributed by atoms with Crippen LogP contribution in [0.25, 0.3) is 6.08 Å². The lowest BCUT2D eigenvalue weighted by Gasteiger charge is -2.19. The number of nitrogens with zero attached hydrogens (tertiary/aromatic N) is 1.